The number of benzene rings is 2. The van der Waals surface area contributed by atoms with Crippen molar-refractivity contribution in [2.24, 2.45) is 0 Å². The fourth-order valence-corrected chi connectivity index (χ4v) is 3.04. The molecule has 0 aliphatic carbocycles. The van der Waals surface area contributed by atoms with Crippen LogP contribution in [0.4, 0.5) is 13.2 Å². The minimum absolute atomic E-state index is 0.272. The predicted octanol–water partition coefficient (Wildman–Crippen LogP) is 3.98. The first-order valence-electron chi connectivity index (χ1n) is 8.22. The Morgan fingerprint density at radius 1 is 1.00 bits per heavy atom. The van der Waals surface area contributed by atoms with Crippen LogP contribution in [0.25, 0.3) is 11.0 Å². The number of rotatable bonds is 6. The third-order valence-corrected chi connectivity index (χ3v) is 4.46. The summed E-state index contributed by atoms with van der Waals surface area (Å²) >= 11 is 0. The molecule has 3 aromatic rings. The minimum Gasteiger partial charge on any atom is -0.292 e. The normalized spacial score (nSPS) is 13.8. The Bertz CT molecular complexity index is 1020. The van der Waals surface area contributed by atoms with Crippen molar-refractivity contribution in [2.75, 3.05) is 6.54 Å². The lowest BCUT2D eigenvalue weighted by molar-refractivity contribution is -0.501. The number of hydrogen-bond donors (Lipinski definition) is 0. The first-order valence-corrected chi connectivity index (χ1v) is 8.22. The van der Waals surface area contributed by atoms with Gasteiger partial charge in [-0.2, -0.15) is 13.2 Å². The van der Waals surface area contributed by atoms with Gasteiger partial charge < -0.3 is 0 Å². The number of nitrogens with zero attached hydrogens (tertiary/aromatic N) is 3. The lowest BCUT2D eigenvalue weighted by Crippen LogP contribution is -2.49. The van der Waals surface area contributed by atoms with Crippen LogP contribution in [0.5, 0.6) is 0 Å². The summed E-state index contributed by atoms with van der Waals surface area (Å²) in [4.78, 5) is 30.8. The van der Waals surface area contributed by atoms with Crippen LogP contribution in [0.2, 0.25) is 0 Å². The second kappa shape index (κ2) is 7.34. The monoisotopic (exact) mass is 389 g/mol. The van der Waals surface area contributed by atoms with Crippen LogP contribution in [0, 0.1) is 10.1 Å². The standard InChI is InChI=1S/C19H14F3N3O3/c20-19(21,22)18(12-25(27)28,13-6-2-1-3-7-13)10-17(26)16-11-23-14-8-4-5-9-15(14)24-16/h1-9,11H,10,12H2/t18-/m1/s1. The van der Waals surface area contributed by atoms with E-state index in [1.807, 2.05) is 0 Å². The molecule has 2 aromatic carbocycles. The van der Waals surface area contributed by atoms with Gasteiger partial charge in [-0.25, -0.2) is 4.98 Å². The summed E-state index contributed by atoms with van der Waals surface area (Å²) in [5.74, 6) is -0.971. The number of para-hydroxylation sites is 2. The van der Waals surface area contributed by atoms with Crippen molar-refractivity contribution in [2.45, 2.75) is 18.0 Å². The fraction of sp³-hybridized carbons (Fsp3) is 0.211. The molecule has 1 aromatic heterocycles. The molecule has 0 N–H and O–H groups in total. The number of carbonyl (C=O) groups is 1. The Hall–Kier alpha value is -3.36. The molecule has 28 heavy (non-hydrogen) atoms. The minimum atomic E-state index is -5.03. The highest BCUT2D eigenvalue weighted by Gasteiger charge is 2.60. The highest BCUT2D eigenvalue weighted by Crippen LogP contribution is 2.44. The number of nitro groups is 1. The third kappa shape index (κ3) is 3.68. The van der Waals surface area contributed by atoms with E-state index in [9.17, 15) is 28.1 Å². The molecule has 0 bridgehead atoms. The highest BCUT2D eigenvalue weighted by molar-refractivity contribution is 5.96. The van der Waals surface area contributed by atoms with Gasteiger partial charge in [0.1, 0.15) is 5.69 Å². The Morgan fingerprint density at radius 2 is 1.61 bits per heavy atom. The zero-order valence-corrected chi connectivity index (χ0v) is 14.4. The molecule has 0 amide bonds. The van der Waals surface area contributed by atoms with Crippen LogP contribution in [0.1, 0.15) is 22.5 Å². The number of halogens is 3. The molecule has 1 heterocycles. The topological polar surface area (TPSA) is 86.0 Å². The van der Waals surface area contributed by atoms with E-state index in [1.165, 1.54) is 18.2 Å². The summed E-state index contributed by atoms with van der Waals surface area (Å²) in [5.41, 5.74) is -2.76. The van der Waals surface area contributed by atoms with Crippen LogP contribution in [-0.4, -0.2) is 33.4 Å². The van der Waals surface area contributed by atoms with Crippen molar-refractivity contribution in [3.8, 4) is 0 Å². The van der Waals surface area contributed by atoms with E-state index in [0.717, 1.165) is 18.3 Å². The van der Waals surface area contributed by atoms with E-state index in [2.05, 4.69) is 9.97 Å². The molecule has 1 atom stereocenters. The summed E-state index contributed by atoms with van der Waals surface area (Å²) in [6, 6.07) is 13.0. The van der Waals surface area contributed by atoms with E-state index in [1.54, 1.807) is 24.3 Å². The molecular weight excluding hydrogens is 375 g/mol. The van der Waals surface area contributed by atoms with E-state index >= 15 is 0 Å². The predicted molar refractivity (Wildman–Crippen MR) is 94.5 cm³/mol. The van der Waals surface area contributed by atoms with Gasteiger partial charge in [0.05, 0.1) is 17.2 Å². The number of hydrogen-bond acceptors (Lipinski definition) is 5. The molecule has 0 radical (unpaired) electrons. The summed E-state index contributed by atoms with van der Waals surface area (Å²) in [7, 11) is 0. The maximum absolute atomic E-state index is 14.1. The first-order chi connectivity index (χ1) is 13.2. The van der Waals surface area contributed by atoms with Crippen LogP contribution in [0.3, 0.4) is 0 Å². The molecule has 0 fully saturated rings. The van der Waals surface area contributed by atoms with Crippen molar-refractivity contribution in [3.63, 3.8) is 0 Å². The number of fused-ring (bicyclic) bond motifs is 1. The van der Waals surface area contributed by atoms with Crippen molar-refractivity contribution >= 4 is 16.8 Å². The molecule has 0 aliphatic heterocycles. The van der Waals surface area contributed by atoms with Gasteiger partial charge in [-0.1, -0.05) is 42.5 Å². The van der Waals surface area contributed by atoms with Gasteiger partial charge in [-0.3, -0.25) is 19.9 Å². The quantitative estimate of drug-likeness (QED) is 0.362. The lowest BCUT2D eigenvalue weighted by atomic mass is 9.75. The largest absolute Gasteiger partial charge is 0.405 e. The summed E-state index contributed by atoms with van der Waals surface area (Å²) in [6.07, 6.45) is -5.08. The van der Waals surface area contributed by atoms with Gasteiger partial charge in [-0.15, -0.1) is 0 Å². The molecule has 9 heteroatoms. The van der Waals surface area contributed by atoms with Crippen LogP contribution in [0.15, 0.2) is 60.8 Å². The zero-order chi connectivity index (χ0) is 20.4. The zero-order valence-electron chi connectivity index (χ0n) is 14.4. The van der Waals surface area contributed by atoms with Gasteiger partial charge in [0.25, 0.3) is 0 Å². The maximum Gasteiger partial charge on any atom is 0.405 e. The van der Waals surface area contributed by atoms with Crippen molar-refractivity contribution in [3.05, 3.63) is 82.2 Å². The average Bonchev–Trinajstić information content (AvgIpc) is 2.66. The molecular formula is C19H14F3N3O3. The SMILES string of the molecule is O=C(C[C@@](C[N+](=O)[O-])(c1ccccc1)C(F)(F)F)c1cnc2ccccc2n1. The Labute approximate surface area is 157 Å². The molecule has 0 aliphatic rings. The second-order valence-corrected chi connectivity index (χ2v) is 6.28. The lowest BCUT2D eigenvalue weighted by Gasteiger charge is -2.32. The number of carbonyl (C=O) groups excluding carboxylic acids is 1. The molecule has 3 rings (SSSR count). The summed E-state index contributed by atoms with van der Waals surface area (Å²) in [6.45, 7) is -1.47. The first kappa shape index (κ1) is 19.4. The van der Waals surface area contributed by atoms with Crippen molar-refractivity contribution in [1.29, 1.82) is 0 Å². The van der Waals surface area contributed by atoms with E-state index in [-0.39, 0.29) is 11.3 Å². The van der Waals surface area contributed by atoms with Crippen LogP contribution < -0.4 is 0 Å². The molecule has 0 saturated heterocycles. The van der Waals surface area contributed by atoms with Crippen LogP contribution >= 0.6 is 0 Å². The highest BCUT2D eigenvalue weighted by atomic mass is 19.4. The number of aromatic nitrogens is 2. The summed E-state index contributed by atoms with van der Waals surface area (Å²) in [5, 5.41) is 11.1. The average molecular weight is 389 g/mol. The van der Waals surface area contributed by atoms with Crippen molar-refractivity contribution < 1.29 is 22.9 Å². The van der Waals surface area contributed by atoms with Crippen molar-refractivity contribution in [1.82, 2.24) is 9.97 Å². The van der Waals surface area contributed by atoms with E-state index < -0.39 is 35.3 Å². The van der Waals surface area contributed by atoms with E-state index in [0.29, 0.717) is 11.0 Å². The van der Waals surface area contributed by atoms with Gasteiger partial charge >= 0.3 is 6.18 Å². The van der Waals surface area contributed by atoms with Crippen LogP contribution in [-0.2, 0) is 5.41 Å². The third-order valence-electron chi connectivity index (χ3n) is 4.46. The van der Waals surface area contributed by atoms with Gasteiger partial charge in [0.2, 0.25) is 6.54 Å². The van der Waals surface area contributed by atoms with Gasteiger partial charge in [0, 0.05) is 11.3 Å². The van der Waals surface area contributed by atoms with Gasteiger partial charge in [0.15, 0.2) is 11.2 Å². The Balaban J connectivity index is 2.07. The number of Topliss-reactive ketones (excluding diaryl/α,β-unsaturated/α-hetero) is 1. The Morgan fingerprint density at radius 3 is 2.21 bits per heavy atom. The molecule has 0 saturated carbocycles. The smallest absolute Gasteiger partial charge is 0.292 e. The Kier molecular flexibility index (Phi) is 5.08. The molecule has 144 valence electrons. The summed E-state index contributed by atoms with van der Waals surface area (Å²) < 4.78 is 42.2. The fourth-order valence-electron chi connectivity index (χ4n) is 3.04. The van der Waals surface area contributed by atoms with Gasteiger partial charge in [-0.05, 0) is 17.7 Å². The number of alkyl halides is 3. The molecule has 6 nitrogen and oxygen atoms in total. The molecule has 0 unspecified atom stereocenters. The second-order valence-electron chi connectivity index (χ2n) is 6.28. The maximum atomic E-state index is 14.1. The molecule has 0 spiro atoms. The van der Waals surface area contributed by atoms with E-state index in [4.69, 9.17) is 0 Å². The number of ketones is 1.